The fourth-order valence-corrected chi connectivity index (χ4v) is 2.82. The number of methoxy groups -OCH3 is 1. The minimum atomic E-state index is 0.0171. The Bertz CT molecular complexity index is 503. The van der Waals surface area contributed by atoms with Gasteiger partial charge in [0.2, 0.25) is 5.91 Å². The summed E-state index contributed by atoms with van der Waals surface area (Å²) in [6, 6.07) is 0.331. The highest BCUT2D eigenvalue weighted by Gasteiger charge is 2.31. The maximum Gasteiger partial charge on any atom is 0.244 e. The molecule has 0 saturated carbocycles. The predicted octanol–water partition coefficient (Wildman–Crippen LogP) is -0.0260. The van der Waals surface area contributed by atoms with Crippen LogP contribution in [0.1, 0.15) is 32.0 Å². The van der Waals surface area contributed by atoms with Crippen LogP contribution >= 0.6 is 0 Å². The molecule has 0 aliphatic carbocycles. The van der Waals surface area contributed by atoms with Crippen molar-refractivity contribution in [3.63, 3.8) is 0 Å². The summed E-state index contributed by atoms with van der Waals surface area (Å²) in [5.74, 6) is 0.944. The van der Waals surface area contributed by atoms with Crippen molar-refractivity contribution >= 4 is 5.91 Å². The van der Waals surface area contributed by atoms with E-state index in [1.54, 1.807) is 16.7 Å². The summed E-state index contributed by atoms with van der Waals surface area (Å²) < 4.78 is 6.99. The van der Waals surface area contributed by atoms with Crippen LogP contribution < -0.4 is 0 Å². The van der Waals surface area contributed by atoms with Gasteiger partial charge in [0.15, 0.2) is 5.82 Å². The van der Waals surface area contributed by atoms with Crippen LogP contribution in [0.3, 0.4) is 0 Å². The number of amides is 1. The van der Waals surface area contributed by atoms with Crippen molar-refractivity contribution in [2.75, 3.05) is 34.3 Å². The minimum Gasteiger partial charge on any atom is -0.380 e. The molecule has 8 heteroatoms. The Morgan fingerprint density at radius 1 is 1.50 bits per heavy atom. The standard InChI is InChI=1S/C14H26N6O2/c1-10(2)14-15-16-17-20(14)9-13(21)19(4)7-11-6-12(22-5)8-18(11)3/h10-12H,6-9H2,1-5H3/t11-,12-/m0/s1. The summed E-state index contributed by atoms with van der Waals surface area (Å²) in [5.41, 5.74) is 0. The topological polar surface area (TPSA) is 76.4 Å². The smallest absolute Gasteiger partial charge is 0.244 e. The molecule has 124 valence electrons. The van der Waals surface area contributed by atoms with E-state index in [2.05, 4.69) is 27.5 Å². The van der Waals surface area contributed by atoms with Crippen molar-refractivity contribution in [3.05, 3.63) is 5.82 Å². The number of likely N-dealkylation sites (N-methyl/N-ethyl adjacent to an activating group) is 2. The third-order valence-corrected chi connectivity index (χ3v) is 4.25. The van der Waals surface area contributed by atoms with Crippen LogP contribution in [0.4, 0.5) is 0 Å². The first-order chi connectivity index (χ1) is 10.4. The van der Waals surface area contributed by atoms with Crippen LogP contribution in [0.25, 0.3) is 0 Å². The van der Waals surface area contributed by atoms with Gasteiger partial charge < -0.3 is 9.64 Å². The zero-order chi connectivity index (χ0) is 16.3. The van der Waals surface area contributed by atoms with Crippen LogP contribution in [0.5, 0.6) is 0 Å². The number of tetrazole rings is 1. The quantitative estimate of drug-likeness (QED) is 0.735. The lowest BCUT2D eigenvalue weighted by Crippen LogP contribution is -2.41. The van der Waals surface area contributed by atoms with Crippen molar-refractivity contribution < 1.29 is 9.53 Å². The maximum atomic E-state index is 12.4. The minimum absolute atomic E-state index is 0.0171. The van der Waals surface area contributed by atoms with Gasteiger partial charge in [0, 0.05) is 39.2 Å². The normalized spacial score (nSPS) is 22.5. The molecule has 0 N–H and O–H groups in total. The fraction of sp³-hybridized carbons (Fsp3) is 0.857. The molecule has 1 aliphatic heterocycles. The van der Waals surface area contributed by atoms with E-state index in [0.29, 0.717) is 12.6 Å². The lowest BCUT2D eigenvalue weighted by atomic mass is 10.2. The third kappa shape index (κ3) is 3.80. The van der Waals surface area contributed by atoms with Crippen molar-refractivity contribution in [2.45, 2.75) is 44.9 Å². The fourth-order valence-electron chi connectivity index (χ4n) is 2.82. The second kappa shape index (κ2) is 7.15. The number of rotatable bonds is 6. The molecule has 0 spiro atoms. The molecule has 22 heavy (non-hydrogen) atoms. The van der Waals surface area contributed by atoms with Gasteiger partial charge in [0.25, 0.3) is 0 Å². The van der Waals surface area contributed by atoms with E-state index in [0.717, 1.165) is 18.8 Å². The number of hydrogen-bond donors (Lipinski definition) is 0. The van der Waals surface area contributed by atoms with E-state index in [1.807, 2.05) is 20.9 Å². The van der Waals surface area contributed by atoms with E-state index < -0.39 is 0 Å². The molecular weight excluding hydrogens is 284 g/mol. The molecule has 1 fully saturated rings. The molecule has 2 rings (SSSR count). The summed E-state index contributed by atoms with van der Waals surface area (Å²) in [4.78, 5) is 16.4. The van der Waals surface area contributed by atoms with Crippen LogP contribution in [0, 0.1) is 0 Å². The molecule has 2 atom stereocenters. The molecule has 8 nitrogen and oxygen atoms in total. The van der Waals surface area contributed by atoms with Gasteiger partial charge in [-0.1, -0.05) is 13.8 Å². The summed E-state index contributed by atoms with van der Waals surface area (Å²) in [7, 11) is 5.64. The molecule has 0 unspecified atom stereocenters. The lowest BCUT2D eigenvalue weighted by molar-refractivity contribution is -0.131. The molecule has 0 aromatic carbocycles. The average Bonchev–Trinajstić information content (AvgIpc) is 3.06. The summed E-state index contributed by atoms with van der Waals surface area (Å²) in [6.07, 6.45) is 1.21. The van der Waals surface area contributed by atoms with Gasteiger partial charge in [-0.3, -0.25) is 9.69 Å². The molecule has 0 bridgehead atoms. The molecular formula is C14H26N6O2. The molecule has 1 amide bonds. The highest BCUT2D eigenvalue weighted by molar-refractivity contribution is 5.75. The molecule has 0 radical (unpaired) electrons. The summed E-state index contributed by atoms with van der Waals surface area (Å²) in [6.45, 7) is 5.80. The number of hydrogen-bond acceptors (Lipinski definition) is 6. The van der Waals surface area contributed by atoms with Crippen molar-refractivity contribution in [3.8, 4) is 0 Å². The first-order valence-electron chi connectivity index (χ1n) is 7.65. The Hall–Kier alpha value is -1.54. The highest BCUT2D eigenvalue weighted by Crippen LogP contribution is 2.18. The van der Waals surface area contributed by atoms with E-state index in [-0.39, 0.29) is 24.5 Å². The predicted molar refractivity (Wildman–Crippen MR) is 81.4 cm³/mol. The molecule has 1 aromatic heterocycles. The van der Waals surface area contributed by atoms with Gasteiger partial charge in [-0.05, 0) is 23.9 Å². The van der Waals surface area contributed by atoms with Crippen LogP contribution in [-0.2, 0) is 16.1 Å². The van der Waals surface area contributed by atoms with E-state index in [4.69, 9.17) is 4.74 Å². The summed E-state index contributed by atoms with van der Waals surface area (Å²) >= 11 is 0. The second-order valence-electron chi connectivity index (χ2n) is 6.31. The highest BCUT2D eigenvalue weighted by atomic mass is 16.5. The number of aromatic nitrogens is 4. The van der Waals surface area contributed by atoms with E-state index in [9.17, 15) is 4.79 Å². The van der Waals surface area contributed by atoms with E-state index >= 15 is 0 Å². The van der Waals surface area contributed by atoms with Gasteiger partial charge in [-0.15, -0.1) is 5.10 Å². The maximum absolute atomic E-state index is 12.4. The van der Waals surface area contributed by atoms with Crippen molar-refractivity contribution in [1.82, 2.24) is 30.0 Å². The van der Waals surface area contributed by atoms with Crippen molar-refractivity contribution in [1.29, 1.82) is 0 Å². The Balaban J connectivity index is 1.91. The molecule has 2 heterocycles. The van der Waals surface area contributed by atoms with Gasteiger partial charge in [-0.25, -0.2) is 4.68 Å². The van der Waals surface area contributed by atoms with Gasteiger partial charge >= 0.3 is 0 Å². The zero-order valence-electron chi connectivity index (χ0n) is 14.1. The van der Waals surface area contributed by atoms with Gasteiger partial charge in [0.05, 0.1) is 6.10 Å². The van der Waals surface area contributed by atoms with Crippen LogP contribution in [0.15, 0.2) is 0 Å². The Labute approximate surface area is 131 Å². The molecule has 1 aromatic rings. The van der Waals surface area contributed by atoms with Gasteiger partial charge in [-0.2, -0.15) is 0 Å². The Kier molecular flexibility index (Phi) is 5.47. The average molecular weight is 310 g/mol. The Morgan fingerprint density at radius 2 is 2.23 bits per heavy atom. The number of carbonyl (C=O) groups excluding carboxylic acids is 1. The van der Waals surface area contributed by atoms with Crippen LogP contribution in [0.2, 0.25) is 0 Å². The number of nitrogens with zero attached hydrogens (tertiary/aromatic N) is 6. The lowest BCUT2D eigenvalue weighted by Gasteiger charge is -2.25. The monoisotopic (exact) mass is 310 g/mol. The third-order valence-electron chi connectivity index (χ3n) is 4.25. The second-order valence-corrected chi connectivity index (χ2v) is 6.31. The Morgan fingerprint density at radius 3 is 2.82 bits per heavy atom. The molecule has 1 saturated heterocycles. The van der Waals surface area contributed by atoms with Gasteiger partial charge in [0.1, 0.15) is 6.54 Å². The van der Waals surface area contributed by atoms with E-state index in [1.165, 1.54) is 0 Å². The van der Waals surface area contributed by atoms with Crippen LogP contribution in [-0.4, -0.2) is 82.4 Å². The zero-order valence-corrected chi connectivity index (χ0v) is 14.1. The van der Waals surface area contributed by atoms with Crippen molar-refractivity contribution in [2.24, 2.45) is 0 Å². The first-order valence-corrected chi connectivity index (χ1v) is 7.65. The molecule has 1 aliphatic rings. The first kappa shape index (κ1) is 16.8. The number of likely N-dealkylation sites (tertiary alicyclic amines) is 1. The summed E-state index contributed by atoms with van der Waals surface area (Å²) in [5, 5.41) is 11.5. The number of carbonyl (C=O) groups is 1. The largest absolute Gasteiger partial charge is 0.380 e. The SMILES string of the molecule is CO[C@H]1C[C@@H](CN(C)C(=O)Cn2nnnc2C(C)C)N(C)C1. The number of ether oxygens (including phenoxy) is 1.